The van der Waals surface area contributed by atoms with E-state index in [1.165, 1.54) is 0 Å². The molecule has 150 valence electrons. The van der Waals surface area contributed by atoms with Crippen molar-refractivity contribution in [2.75, 3.05) is 0 Å². The van der Waals surface area contributed by atoms with E-state index in [2.05, 4.69) is 43.1 Å². The molecule has 0 aliphatic heterocycles. The van der Waals surface area contributed by atoms with Gasteiger partial charge in [0.15, 0.2) is 0 Å². The Kier molecular flexibility index (Phi) is 4.72. The molecule has 5 rings (SSSR count). The third-order valence-corrected chi connectivity index (χ3v) is 5.62. The van der Waals surface area contributed by atoms with Gasteiger partial charge >= 0.3 is 0 Å². The van der Waals surface area contributed by atoms with Crippen molar-refractivity contribution < 1.29 is 0 Å². The van der Waals surface area contributed by atoms with Gasteiger partial charge in [0.05, 0.1) is 11.1 Å². The Labute approximate surface area is 181 Å². The van der Waals surface area contributed by atoms with Crippen LogP contribution >= 0.6 is 0 Å². The summed E-state index contributed by atoms with van der Waals surface area (Å²) in [4.78, 5) is 18.6. The Morgan fingerprint density at radius 1 is 0.710 bits per heavy atom. The van der Waals surface area contributed by atoms with E-state index >= 15 is 0 Å². The third-order valence-electron chi connectivity index (χ3n) is 5.62. The fourth-order valence-electron chi connectivity index (χ4n) is 4.38. The van der Waals surface area contributed by atoms with Crippen LogP contribution in [0.15, 0.2) is 102 Å². The van der Waals surface area contributed by atoms with Crippen LogP contribution in [0.25, 0.3) is 39.0 Å². The minimum Gasteiger partial charge on any atom is -0.268 e. The maximum Gasteiger partial charge on any atom is 0.265 e. The van der Waals surface area contributed by atoms with Crippen LogP contribution in [-0.4, -0.2) is 9.55 Å². The minimum atomic E-state index is -0.0683. The molecule has 0 atom stereocenters. The van der Waals surface area contributed by atoms with Crippen molar-refractivity contribution in [3.8, 4) is 28.1 Å². The normalized spacial score (nSPS) is 11.0. The second-order valence-electron chi connectivity index (χ2n) is 7.79. The average molecular weight is 402 g/mol. The van der Waals surface area contributed by atoms with Gasteiger partial charge in [0.2, 0.25) is 0 Å². The smallest absolute Gasteiger partial charge is 0.265 e. The van der Waals surface area contributed by atoms with Crippen LogP contribution < -0.4 is 5.56 Å². The Morgan fingerprint density at radius 2 is 1.32 bits per heavy atom. The molecule has 0 bridgehead atoms. The molecule has 0 saturated carbocycles. The zero-order valence-corrected chi connectivity index (χ0v) is 17.5. The van der Waals surface area contributed by atoms with Crippen molar-refractivity contribution >= 4 is 10.9 Å². The first-order chi connectivity index (χ1) is 15.1. The molecule has 3 aromatic carbocycles. The molecular weight excluding hydrogens is 380 g/mol. The molecule has 0 unspecified atom stereocenters. The van der Waals surface area contributed by atoms with E-state index in [0.717, 1.165) is 38.7 Å². The highest BCUT2D eigenvalue weighted by Crippen LogP contribution is 2.38. The average Bonchev–Trinajstić information content (AvgIpc) is 2.80. The van der Waals surface area contributed by atoms with Crippen molar-refractivity contribution in [2.45, 2.75) is 13.8 Å². The summed E-state index contributed by atoms with van der Waals surface area (Å²) in [5.41, 5.74) is 6.65. The highest BCUT2D eigenvalue weighted by Gasteiger charge is 2.22. The second-order valence-corrected chi connectivity index (χ2v) is 7.79. The van der Waals surface area contributed by atoms with Crippen LogP contribution in [0.5, 0.6) is 0 Å². The Hall–Kier alpha value is -3.98. The first kappa shape index (κ1) is 19.0. The molecule has 5 aromatic rings. The van der Waals surface area contributed by atoms with E-state index in [1.54, 1.807) is 10.8 Å². The summed E-state index contributed by atoms with van der Waals surface area (Å²) in [5.74, 6) is 0.624. The number of fused-ring (bicyclic) bond motifs is 1. The SMILES string of the molecule is Cc1cc(C)c2c(-c3ccccc3)c(-c3ccccc3)c(=O)n(-c3ccccn3)c2c1. The lowest BCUT2D eigenvalue weighted by atomic mass is 9.89. The topological polar surface area (TPSA) is 34.9 Å². The van der Waals surface area contributed by atoms with E-state index in [-0.39, 0.29) is 5.56 Å². The van der Waals surface area contributed by atoms with Gasteiger partial charge < -0.3 is 0 Å². The molecule has 2 heterocycles. The standard InChI is InChI=1S/C28H22N2O/c1-19-17-20(2)25-23(18-19)30(24-15-9-10-16-29-24)28(31)27(22-13-7-4-8-14-22)26(25)21-11-5-3-6-12-21/h3-18H,1-2H3. The molecule has 0 amide bonds. The van der Waals surface area contributed by atoms with Crippen molar-refractivity contribution in [1.29, 1.82) is 0 Å². The molecule has 0 fully saturated rings. The zero-order valence-electron chi connectivity index (χ0n) is 17.5. The van der Waals surface area contributed by atoms with Gasteiger partial charge in [-0.3, -0.25) is 9.36 Å². The van der Waals surface area contributed by atoms with Crippen LogP contribution in [0, 0.1) is 13.8 Å². The summed E-state index contributed by atoms with van der Waals surface area (Å²) in [6.07, 6.45) is 1.73. The Morgan fingerprint density at radius 3 is 1.94 bits per heavy atom. The van der Waals surface area contributed by atoms with Gasteiger partial charge in [0.25, 0.3) is 5.56 Å². The summed E-state index contributed by atoms with van der Waals surface area (Å²) in [5, 5.41) is 1.07. The van der Waals surface area contributed by atoms with Gasteiger partial charge in [-0.1, -0.05) is 72.8 Å². The van der Waals surface area contributed by atoms with Crippen molar-refractivity contribution in [3.05, 3.63) is 119 Å². The monoisotopic (exact) mass is 402 g/mol. The van der Waals surface area contributed by atoms with E-state index in [0.29, 0.717) is 11.4 Å². The van der Waals surface area contributed by atoms with Crippen LogP contribution in [0.1, 0.15) is 11.1 Å². The highest BCUT2D eigenvalue weighted by molar-refractivity contribution is 6.04. The van der Waals surface area contributed by atoms with Crippen LogP contribution in [-0.2, 0) is 0 Å². The maximum absolute atomic E-state index is 14.1. The van der Waals surface area contributed by atoms with E-state index in [9.17, 15) is 4.79 Å². The second kappa shape index (κ2) is 7.69. The van der Waals surface area contributed by atoms with Crippen molar-refractivity contribution in [1.82, 2.24) is 9.55 Å². The number of benzene rings is 3. The summed E-state index contributed by atoms with van der Waals surface area (Å²) in [7, 11) is 0. The molecule has 0 N–H and O–H groups in total. The fourth-order valence-corrected chi connectivity index (χ4v) is 4.38. The van der Waals surface area contributed by atoms with E-state index in [4.69, 9.17) is 0 Å². The lowest BCUT2D eigenvalue weighted by Gasteiger charge is -2.20. The number of pyridine rings is 2. The first-order valence-electron chi connectivity index (χ1n) is 10.4. The molecule has 0 saturated heterocycles. The highest BCUT2D eigenvalue weighted by atomic mass is 16.1. The Balaban J connectivity index is 2.06. The first-order valence-corrected chi connectivity index (χ1v) is 10.4. The van der Waals surface area contributed by atoms with Gasteiger partial charge in [-0.25, -0.2) is 4.98 Å². The maximum atomic E-state index is 14.1. The molecule has 3 nitrogen and oxygen atoms in total. The van der Waals surface area contributed by atoms with E-state index in [1.807, 2.05) is 66.7 Å². The molecule has 0 aliphatic carbocycles. The van der Waals surface area contributed by atoms with Gasteiger partial charge in [0, 0.05) is 17.1 Å². The number of aromatic nitrogens is 2. The van der Waals surface area contributed by atoms with Gasteiger partial charge in [-0.05, 0) is 54.3 Å². The quantitative estimate of drug-likeness (QED) is 0.353. The van der Waals surface area contributed by atoms with Crippen LogP contribution in [0.4, 0.5) is 0 Å². The number of aryl methyl sites for hydroxylation is 2. The number of rotatable bonds is 3. The Bertz CT molecular complexity index is 1440. The zero-order chi connectivity index (χ0) is 21.4. The number of nitrogens with zero attached hydrogens (tertiary/aromatic N) is 2. The van der Waals surface area contributed by atoms with Gasteiger partial charge in [0.1, 0.15) is 5.82 Å². The minimum absolute atomic E-state index is 0.0683. The lowest BCUT2D eigenvalue weighted by Crippen LogP contribution is -2.23. The molecule has 3 heteroatoms. The van der Waals surface area contributed by atoms with Crippen molar-refractivity contribution in [3.63, 3.8) is 0 Å². The van der Waals surface area contributed by atoms with Gasteiger partial charge in [-0.2, -0.15) is 0 Å². The number of hydrogen-bond donors (Lipinski definition) is 0. The number of hydrogen-bond acceptors (Lipinski definition) is 2. The van der Waals surface area contributed by atoms with Crippen LogP contribution in [0.3, 0.4) is 0 Å². The largest absolute Gasteiger partial charge is 0.268 e. The summed E-state index contributed by atoms with van der Waals surface area (Å²) >= 11 is 0. The third kappa shape index (κ3) is 3.24. The predicted molar refractivity (Wildman–Crippen MR) is 128 cm³/mol. The summed E-state index contributed by atoms with van der Waals surface area (Å²) in [6.45, 7) is 4.18. The van der Waals surface area contributed by atoms with E-state index < -0.39 is 0 Å². The van der Waals surface area contributed by atoms with Crippen molar-refractivity contribution in [2.24, 2.45) is 0 Å². The van der Waals surface area contributed by atoms with Crippen LogP contribution in [0.2, 0.25) is 0 Å². The molecule has 2 aromatic heterocycles. The molecule has 0 radical (unpaired) electrons. The lowest BCUT2D eigenvalue weighted by molar-refractivity contribution is 0.985. The predicted octanol–water partition coefficient (Wildman–Crippen LogP) is 6.34. The molecular formula is C28H22N2O. The molecule has 0 spiro atoms. The summed E-state index contributed by atoms with van der Waals surface area (Å²) < 4.78 is 1.75. The molecule has 0 aliphatic rings. The fraction of sp³-hybridized carbons (Fsp3) is 0.0714. The summed E-state index contributed by atoms with van der Waals surface area (Å²) in [6, 6.07) is 30.0. The molecule has 31 heavy (non-hydrogen) atoms. The van der Waals surface area contributed by atoms with Gasteiger partial charge in [-0.15, -0.1) is 0 Å².